The molecule has 7 heteroatoms. The van der Waals surface area contributed by atoms with Crippen molar-refractivity contribution in [2.45, 2.75) is 42.4 Å². The third-order valence-corrected chi connectivity index (χ3v) is 8.05. The first-order chi connectivity index (χ1) is 9.48. The van der Waals surface area contributed by atoms with Crippen LogP contribution < -0.4 is 5.32 Å². The Hall–Kier alpha value is -0.660. The maximum Gasteiger partial charge on any atom is 0.235 e. The molecule has 2 heterocycles. The van der Waals surface area contributed by atoms with Crippen LogP contribution in [-0.4, -0.2) is 55.2 Å². The van der Waals surface area contributed by atoms with Gasteiger partial charge in [0.15, 0.2) is 0 Å². The minimum Gasteiger partial charge on any atom is -0.379 e. The zero-order valence-corrected chi connectivity index (χ0v) is 12.2. The van der Waals surface area contributed by atoms with Gasteiger partial charge in [0.25, 0.3) is 0 Å². The van der Waals surface area contributed by atoms with Gasteiger partial charge >= 0.3 is 0 Å². The van der Waals surface area contributed by atoms with Gasteiger partial charge in [0.05, 0.1) is 30.0 Å². The molecule has 0 unspecified atom stereocenters. The van der Waals surface area contributed by atoms with Crippen molar-refractivity contribution < 1.29 is 17.9 Å². The molecular weight excluding hydrogens is 280 g/mol. The summed E-state index contributed by atoms with van der Waals surface area (Å²) in [6.45, 7) is 1.73. The van der Waals surface area contributed by atoms with E-state index in [1.54, 1.807) is 0 Å². The van der Waals surface area contributed by atoms with Gasteiger partial charge in [0, 0.05) is 12.5 Å². The van der Waals surface area contributed by atoms with Crippen LogP contribution in [0.3, 0.4) is 0 Å². The predicted molar refractivity (Wildman–Crippen MR) is 71.5 cm³/mol. The lowest BCUT2D eigenvalue weighted by Gasteiger charge is -2.32. The van der Waals surface area contributed by atoms with E-state index >= 15 is 0 Å². The van der Waals surface area contributed by atoms with Crippen molar-refractivity contribution in [2.24, 2.45) is 5.92 Å². The molecule has 0 aromatic rings. The Morgan fingerprint density at radius 3 is 2.75 bits per heavy atom. The van der Waals surface area contributed by atoms with Crippen LogP contribution >= 0.6 is 0 Å². The van der Waals surface area contributed by atoms with Gasteiger partial charge in [0.2, 0.25) is 15.9 Å². The second kappa shape index (κ2) is 3.96. The van der Waals surface area contributed by atoms with E-state index < -0.39 is 14.8 Å². The van der Waals surface area contributed by atoms with E-state index in [4.69, 9.17) is 4.74 Å². The molecule has 20 heavy (non-hydrogen) atoms. The van der Waals surface area contributed by atoms with Gasteiger partial charge in [-0.1, -0.05) is 0 Å². The summed E-state index contributed by atoms with van der Waals surface area (Å²) in [6, 6.07) is 0. The Labute approximate surface area is 118 Å². The zero-order chi connectivity index (χ0) is 14.0. The normalized spacial score (nSPS) is 40.3. The van der Waals surface area contributed by atoms with Gasteiger partial charge in [0.1, 0.15) is 0 Å². The highest BCUT2D eigenvalue weighted by molar-refractivity contribution is 7.90. The Morgan fingerprint density at radius 1 is 1.35 bits per heavy atom. The van der Waals surface area contributed by atoms with Gasteiger partial charge in [-0.3, -0.25) is 4.79 Å². The molecule has 4 fully saturated rings. The molecule has 2 aliphatic carbocycles. The molecular formula is C13H20N2O4S. The van der Waals surface area contributed by atoms with Gasteiger partial charge in [-0.15, -0.1) is 0 Å². The first-order valence-electron chi connectivity index (χ1n) is 7.36. The standard InChI is InChI=1S/C13H20N2O4S/c16-11(14-13-6-10(13)8-19-9-13)7-15-5-1-2-12(3-4-12)20(15,17)18/h10H,1-9H2,(H,14,16)/t10-,13-/m0/s1. The van der Waals surface area contributed by atoms with Crippen LogP contribution in [0, 0.1) is 5.92 Å². The molecule has 4 rings (SSSR count). The van der Waals surface area contributed by atoms with Crippen LogP contribution in [0.1, 0.15) is 32.1 Å². The quantitative estimate of drug-likeness (QED) is 0.786. The number of carbonyl (C=O) groups excluding carboxylic acids is 1. The Kier molecular flexibility index (Phi) is 2.58. The van der Waals surface area contributed by atoms with E-state index in [-0.39, 0.29) is 18.0 Å². The third kappa shape index (κ3) is 1.76. The third-order valence-electron chi connectivity index (χ3n) is 5.35. The number of nitrogens with zero attached hydrogens (tertiary/aromatic N) is 1. The molecule has 2 saturated heterocycles. The molecule has 1 N–H and O–H groups in total. The summed E-state index contributed by atoms with van der Waals surface area (Å²) in [6.07, 6.45) is 4.10. The largest absolute Gasteiger partial charge is 0.379 e. The van der Waals surface area contributed by atoms with Crippen LogP contribution in [0.2, 0.25) is 0 Å². The average Bonchev–Trinajstić information content (AvgIpc) is 3.26. The number of amides is 1. The lowest BCUT2D eigenvalue weighted by Crippen LogP contribution is -2.51. The second-order valence-electron chi connectivity index (χ2n) is 6.75. The molecule has 2 aliphatic heterocycles. The lowest BCUT2D eigenvalue weighted by atomic mass is 10.2. The van der Waals surface area contributed by atoms with E-state index in [0.29, 0.717) is 25.7 Å². The molecule has 1 amide bonds. The summed E-state index contributed by atoms with van der Waals surface area (Å²) in [5.74, 6) is 0.249. The van der Waals surface area contributed by atoms with Crippen molar-refractivity contribution in [1.82, 2.24) is 9.62 Å². The van der Waals surface area contributed by atoms with Crippen LogP contribution in [0.25, 0.3) is 0 Å². The zero-order valence-electron chi connectivity index (χ0n) is 11.4. The SMILES string of the molecule is O=C(CN1CCCC2(CC2)S1(=O)=O)N[C@@]12COC[C@@H]1C2. The van der Waals surface area contributed by atoms with Crippen molar-refractivity contribution >= 4 is 15.9 Å². The van der Waals surface area contributed by atoms with Crippen LogP contribution in [0.4, 0.5) is 0 Å². The van der Waals surface area contributed by atoms with Crippen molar-refractivity contribution in [3.05, 3.63) is 0 Å². The number of nitrogens with one attached hydrogen (secondary N) is 1. The minimum atomic E-state index is -3.28. The van der Waals surface area contributed by atoms with E-state index in [0.717, 1.165) is 32.1 Å². The molecule has 0 aromatic heterocycles. The van der Waals surface area contributed by atoms with Crippen molar-refractivity contribution in [3.8, 4) is 0 Å². The highest BCUT2D eigenvalue weighted by Crippen LogP contribution is 2.51. The molecule has 0 radical (unpaired) electrons. The van der Waals surface area contributed by atoms with Gasteiger partial charge in [-0.05, 0) is 32.1 Å². The Balaban J connectivity index is 1.42. The number of hydrogen-bond donors (Lipinski definition) is 1. The smallest absolute Gasteiger partial charge is 0.235 e. The first-order valence-corrected chi connectivity index (χ1v) is 8.80. The molecule has 4 aliphatic rings. The van der Waals surface area contributed by atoms with Crippen molar-refractivity contribution in [1.29, 1.82) is 0 Å². The maximum absolute atomic E-state index is 12.5. The summed E-state index contributed by atoms with van der Waals surface area (Å²) in [4.78, 5) is 12.1. The minimum absolute atomic E-state index is 0.0292. The van der Waals surface area contributed by atoms with E-state index in [1.165, 1.54) is 4.31 Å². The molecule has 2 atom stereocenters. The number of ether oxygens (including phenoxy) is 1. The van der Waals surface area contributed by atoms with Crippen LogP contribution in [0.5, 0.6) is 0 Å². The maximum atomic E-state index is 12.5. The fourth-order valence-corrected chi connectivity index (χ4v) is 5.96. The Morgan fingerprint density at radius 2 is 2.15 bits per heavy atom. The summed E-state index contributed by atoms with van der Waals surface area (Å²) in [7, 11) is -3.28. The van der Waals surface area contributed by atoms with Gasteiger partial charge in [-0.2, -0.15) is 4.31 Å². The number of fused-ring (bicyclic) bond motifs is 1. The van der Waals surface area contributed by atoms with E-state index in [1.807, 2.05) is 0 Å². The molecule has 6 nitrogen and oxygen atoms in total. The van der Waals surface area contributed by atoms with E-state index in [2.05, 4.69) is 5.32 Å². The Bertz CT molecular complexity index is 557. The molecule has 1 spiro atoms. The van der Waals surface area contributed by atoms with Crippen molar-refractivity contribution in [2.75, 3.05) is 26.3 Å². The summed E-state index contributed by atoms with van der Waals surface area (Å²) in [5.41, 5.74) is -0.187. The molecule has 0 aromatic carbocycles. The number of sulfonamides is 1. The highest BCUT2D eigenvalue weighted by atomic mass is 32.2. The highest BCUT2D eigenvalue weighted by Gasteiger charge is 2.60. The van der Waals surface area contributed by atoms with Crippen LogP contribution in [-0.2, 0) is 19.6 Å². The van der Waals surface area contributed by atoms with Crippen molar-refractivity contribution in [3.63, 3.8) is 0 Å². The number of rotatable bonds is 3. The first kappa shape index (κ1) is 13.0. The summed E-state index contributed by atoms with van der Waals surface area (Å²) < 4.78 is 31.2. The lowest BCUT2D eigenvalue weighted by molar-refractivity contribution is -0.122. The molecule has 2 saturated carbocycles. The second-order valence-corrected chi connectivity index (χ2v) is 9.08. The average molecular weight is 300 g/mol. The topological polar surface area (TPSA) is 75.7 Å². The molecule has 0 bridgehead atoms. The van der Waals surface area contributed by atoms with Gasteiger partial charge < -0.3 is 10.1 Å². The van der Waals surface area contributed by atoms with E-state index in [9.17, 15) is 13.2 Å². The number of carbonyl (C=O) groups is 1. The monoisotopic (exact) mass is 300 g/mol. The van der Waals surface area contributed by atoms with Crippen LogP contribution in [0.15, 0.2) is 0 Å². The fourth-order valence-electron chi connectivity index (χ4n) is 3.74. The predicted octanol–water partition coefficient (Wildman–Crippen LogP) is -0.150. The summed E-state index contributed by atoms with van der Waals surface area (Å²) in [5, 5.41) is 2.99. The summed E-state index contributed by atoms with van der Waals surface area (Å²) >= 11 is 0. The van der Waals surface area contributed by atoms with Gasteiger partial charge in [-0.25, -0.2) is 8.42 Å². The fraction of sp³-hybridized carbons (Fsp3) is 0.923. The molecule has 112 valence electrons. The number of hydrogen-bond acceptors (Lipinski definition) is 4.